The standard InChI is InChI=1S/C23H35N5O2/c1-4-17-8-7-9-20-18(16-26-21(17)20)10-13-25-22(24-5-2)27-19-11-14-28(15-12-19)23(29)30-6-3/h7-9,16,19,26H,4-6,10-15H2,1-3H3,(H2,24,25,27). The van der Waals surface area contributed by atoms with Gasteiger partial charge in [-0.1, -0.05) is 25.1 Å². The highest BCUT2D eigenvalue weighted by Crippen LogP contribution is 2.22. The Morgan fingerprint density at radius 2 is 2.03 bits per heavy atom. The van der Waals surface area contributed by atoms with E-state index in [1.165, 1.54) is 22.0 Å². The Morgan fingerprint density at radius 1 is 1.23 bits per heavy atom. The van der Waals surface area contributed by atoms with E-state index in [0.717, 1.165) is 44.7 Å². The van der Waals surface area contributed by atoms with E-state index in [2.05, 4.69) is 53.9 Å². The molecular formula is C23H35N5O2. The predicted molar refractivity (Wildman–Crippen MR) is 122 cm³/mol. The maximum Gasteiger partial charge on any atom is 0.409 e. The number of aryl methyl sites for hydroxylation is 1. The summed E-state index contributed by atoms with van der Waals surface area (Å²) in [7, 11) is 0. The smallest absolute Gasteiger partial charge is 0.409 e. The van der Waals surface area contributed by atoms with Gasteiger partial charge in [0.15, 0.2) is 5.96 Å². The van der Waals surface area contributed by atoms with Crippen molar-refractivity contribution in [2.75, 3.05) is 32.8 Å². The second-order valence-electron chi connectivity index (χ2n) is 7.62. The number of fused-ring (bicyclic) bond motifs is 1. The van der Waals surface area contributed by atoms with Crippen LogP contribution in [0.15, 0.2) is 29.4 Å². The number of ether oxygens (including phenoxy) is 1. The van der Waals surface area contributed by atoms with E-state index in [1.807, 2.05) is 6.92 Å². The molecule has 0 aliphatic carbocycles. The number of aromatic nitrogens is 1. The Balaban J connectivity index is 1.55. The van der Waals surface area contributed by atoms with Crippen molar-refractivity contribution in [2.24, 2.45) is 4.99 Å². The number of benzene rings is 1. The molecule has 1 amide bonds. The fourth-order valence-corrected chi connectivity index (χ4v) is 4.00. The molecule has 1 aliphatic rings. The lowest BCUT2D eigenvalue weighted by atomic mass is 10.1. The summed E-state index contributed by atoms with van der Waals surface area (Å²) in [4.78, 5) is 21.9. The molecule has 1 fully saturated rings. The van der Waals surface area contributed by atoms with Crippen LogP contribution in [0.5, 0.6) is 0 Å². The van der Waals surface area contributed by atoms with Crippen molar-refractivity contribution in [1.82, 2.24) is 20.5 Å². The minimum Gasteiger partial charge on any atom is -0.450 e. The number of H-pyrrole nitrogens is 1. The molecule has 2 aromatic rings. The Morgan fingerprint density at radius 3 is 2.73 bits per heavy atom. The van der Waals surface area contributed by atoms with Gasteiger partial charge in [0.1, 0.15) is 0 Å². The maximum atomic E-state index is 11.9. The van der Waals surface area contributed by atoms with Crippen molar-refractivity contribution in [3.05, 3.63) is 35.5 Å². The van der Waals surface area contributed by atoms with E-state index >= 15 is 0 Å². The van der Waals surface area contributed by atoms with Gasteiger partial charge in [0, 0.05) is 49.3 Å². The van der Waals surface area contributed by atoms with Crippen LogP contribution in [0, 0.1) is 0 Å². The van der Waals surface area contributed by atoms with Crippen LogP contribution in [0.2, 0.25) is 0 Å². The van der Waals surface area contributed by atoms with Crippen molar-refractivity contribution in [3.8, 4) is 0 Å². The summed E-state index contributed by atoms with van der Waals surface area (Å²) in [6, 6.07) is 6.82. The number of piperidine rings is 1. The number of para-hydroxylation sites is 1. The first-order valence-electron chi connectivity index (χ1n) is 11.2. The van der Waals surface area contributed by atoms with E-state index in [-0.39, 0.29) is 6.09 Å². The highest BCUT2D eigenvalue weighted by molar-refractivity contribution is 5.86. The number of rotatable bonds is 7. The maximum absolute atomic E-state index is 11.9. The number of hydrogen-bond acceptors (Lipinski definition) is 3. The number of likely N-dealkylation sites (tertiary alicyclic amines) is 1. The van der Waals surface area contributed by atoms with Gasteiger partial charge in [-0.3, -0.25) is 4.99 Å². The zero-order chi connectivity index (χ0) is 21.3. The van der Waals surface area contributed by atoms with E-state index in [1.54, 1.807) is 4.90 Å². The van der Waals surface area contributed by atoms with Crippen LogP contribution >= 0.6 is 0 Å². The van der Waals surface area contributed by atoms with Gasteiger partial charge in [0.05, 0.1) is 6.61 Å². The van der Waals surface area contributed by atoms with E-state index < -0.39 is 0 Å². The fourth-order valence-electron chi connectivity index (χ4n) is 4.00. The van der Waals surface area contributed by atoms with Crippen molar-refractivity contribution in [1.29, 1.82) is 0 Å². The Labute approximate surface area is 179 Å². The fraction of sp³-hybridized carbons (Fsp3) is 0.565. The summed E-state index contributed by atoms with van der Waals surface area (Å²) in [5.74, 6) is 0.848. The molecule has 0 radical (unpaired) electrons. The number of hydrogen-bond donors (Lipinski definition) is 3. The van der Waals surface area contributed by atoms with Gasteiger partial charge in [-0.15, -0.1) is 0 Å². The average Bonchev–Trinajstić information content (AvgIpc) is 3.18. The van der Waals surface area contributed by atoms with Crippen LogP contribution in [0.4, 0.5) is 4.79 Å². The topological polar surface area (TPSA) is 81.8 Å². The molecule has 3 rings (SSSR count). The first-order chi connectivity index (χ1) is 14.7. The largest absolute Gasteiger partial charge is 0.450 e. The van der Waals surface area contributed by atoms with Gasteiger partial charge in [-0.05, 0) is 50.7 Å². The number of amides is 1. The van der Waals surface area contributed by atoms with Gasteiger partial charge in [0.2, 0.25) is 0 Å². The molecule has 1 saturated heterocycles. The van der Waals surface area contributed by atoms with Crippen LogP contribution in [-0.4, -0.2) is 60.8 Å². The zero-order valence-corrected chi connectivity index (χ0v) is 18.5. The van der Waals surface area contributed by atoms with Crippen molar-refractivity contribution < 1.29 is 9.53 Å². The number of aromatic amines is 1. The lowest BCUT2D eigenvalue weighted by molar-refractivity contribution is 0.0963. The second-order valence-corrected chi connectivity index (χ2v) is 7.62. The third-order valence-electron chi connectivity index (χ3n) is 5.63. The van der Waals surface area contributed by atoms with Crippen molar-refractivity contribution in [2.45, 2.75) is 52.5 Å². The third kappa shape index (κ3) is 5.46. The molecule has 1 aromatic heterocycles. The Bertz CT molecular complexity index is 852. The van der Waals surface area contributed by atoms with E-state index in [9.17, 15) is 4.79 Å². The lowest BCUT2D eigenvalue weighted by Crippen LogP contribution is -2.50. The number of carbonyl (C=O) groups excluding carboxylic acids is 1. The van der Waals surface area contributed by atoms with Crippen molar-refractivity contribution in [3.63, 3.8) is 0 Å². The minimum atomic E-state index is -0.207. The average molecular weight is 414 g/mol. The molecule has 164 valence electrons. The van der Waals surface area contributed by atoms with Gasteiger partial charge in [-0.25, -0.2) is 4.79 Å². The first kappa shape index (κ1) is 22.0. The molecule has 0 saturated carbocycles. The second kappa shape index (κ2) is 10.9. The highest BCUT2D eigenvalue weighted by Gasteiger charge is 2.24. The van der Waals surface area contributed by atoms with Gasteiger partial charge in [0.25, 0.3) is 0 Å². The molecule has 0 unspecified atom stereocenters. The summed E-state index contributed by atoms with van der Waals surface area (Å²) < 4.78 is 5.10. The number of guanidine groups is 1. The summed E-state index contributed by atoms with van der Waals surface area (Å²) >= 11 is 0. The van der Waals surface area contributed by atoms with Crippen LogP contribution in [0.3, 0.4) is 0 Å². The molecule has 3 N–H and O–H groups in total. The van der Waals surface area contributed by atoms with E-state index in [0.29, 0.717) is 25.7 Å². The molecule has 0 atom stereocenters. The Hall–Kier alpha value is -2.70. The minimum absolute atomic E-state index is 0.207. The highest BCUT2D eigenvalue weighted by atomic mass is 16.6. The monoisotopic (exact) mass is 413 g/mol. The first-order valence-corrected chi connectivity index (χ1v) is 11.2. The SMILES string of the molecule is CCNC(=NCCc1c[nH]c2c(CC)cccc12)NC1CCN(C(=O)OCC)CC1. The number of carbonyl (C=O) groups is 1. The summed E-state index contributed by atoms with van der Waals surface area (Å²) in [5.41, 5.74) is 3.91. The molecule has 0 bridgehead atoms. The van der Waals surface area contributed by atoms with Gasteiger partial charge >= 0.3 is 6.09 Å². The van der Waals surface area contributed by atoms with Crippen LogP contribution in [0.1, 0.15) is 44.7 Å². The van der Waals surface area contributed by atoms with E-state index in [4.69, 9.17) is 9.73 Å². The molecule has 1 aliphatic heterocycles. The van der Waals surface area contributed by atoms with Gasteiger partial charge < -0.3 is 25.3 Å². The molecule has 7 heteroatoms. The number of nitrogens with one attached hydrogen (secondary N) is 3. The predicted octanol–water partition coefficient (Wildman–Crippen LogP) is 3.45. The van der Waals surface area contributed by atoms with Gasteiger partial charge in [-0.2, -0.15) is 0 Å². The molecule has 7 nitrogen and oxygen atoms in total. The van der Waals surface area contributed by atoms with Crippen molar-refractivity contribution >= 4 is 23.0 Å². The normalized spacial score (nSPS) is 15.4. The summed E-state index contributed by atoms with van der Waals surface area (Å²) in [6.45, 7) is 9.49. The van der Waals surface area contributed by atoms with Crippen LogP contribution < -0.4 is 10.6 Å². The number of aliphatic imine (C=N–C) groups is 1. The summed E-state index contributed by atoms with van der Waals surface area (Å²) in [5, 5.41) is 8.18. The quantitative estimate of drug-likeness (QED) is 0.480. The zero-order valence-electron chi connectivity index (χ0n) is 18.5. The molecule has 1 aromatic carbocycles. The Kier molecular flexibility index (Phi) is 7.99. The molecule has 30 heavy (non-hydrogen) atoms. The van der Waals surface area contributed by atoms with Crippen LogP contribution in [-0.2, 0) is 17.6 Å². The number of nitrogens with zero attached hydrogens (tertiary/aromatic N) is 2. The van der Waals surface area contributed by atoms with Crippen LogP contribution in [0.25, 0.3) is 10.9 Å². The summed E-state index contributed by atoms with van der Waals surface area (Å²) in [6.07, 6.45) is 5.62. The molecule has 0 spiro atoms. The lowest BCUT2D eigenvalue weighted by Gasteiger charge is -2.32. The molecule has 2 heterocycles. The third-order valence-corrected chi connectivity index (χ3v) is 5.63. The molecular weight excluding hydrogens is 378 g/mol.